The van der Waals surface area contributed by atoms with Crippen LogP contribution in [0.2, 0.25) is 0 Å². The highest BCUT2D eigenvalue weighted by atomic mass is 19.4. The van der Waals surface area contributed by atoms with Gasteiger partial charge in [-0.3, -0.25) is 14.9 Å². The normalized spacial score (nSPS) is 18.4. The van der Waals surface area contributed by atoms with Crippen molar-refractivity contribution in [3.05, 3.63) is 70.0 Å². The van der Waals surface area contributed by atoms with Crippen molar-refractivity contribution >= 4 is 11.8 Å². The van der Waals surface area contributed by atoms with Gasteiger partial charge >= 0.3 is 36.4 Å². The summed E-state index contributed by atoms with van der Waals surface area (Å²) in [5.41, 5.74) is -11.6. The molecule has 0 spiro atoms. The summed E-state index contributed by atoms with van der Waals surface area (Å²) in [7, 11) is 0. The van der Waals surface area contributed by atoms with Gasteiger partial charge in [-0.05, 0) is 42.0 Å². The highest BCUT2D eigenvalue weighted by molar-refractivity contribution is 6.09. The second-order valence-electron chi connectivity index (χ2n) is 7.93. The monoisotopic (exact) mass is 571 g/mol. The van der Waals surface area contributed by atoms with Gasteiger partial charge in [0.2, 0.25) is 0 Å². The Labute approximate surface area is 202 Å². The third kappa shape index (κ3) is 5.42. The highest BCUT2D eigenvalue weighted by Crippen LogP contribution is 2.47. The van der Waals surface area contributed by atoms with Crippen molar-refractivity contribution in [2.45, 2.75) is 42.9 Å². The Morgan fingerprint density at radius 1 is 0.789 bits per heavy atom. The summed E-state index contributed by atoms with van der Waals surface area (Å²) in [4.78, 5) is 24.5. The molecule has 0 bridgehead atoms. The molecule has 0 saturated carbocycles. The summed E-state index contributed by atoms with van der Waals surface area (Å²) in [6, 6.07) is -1.09. The van der Waals surface area contributed by atoms with E-state index in [1.807, 2.05) is 0 Å². The molecule has 1 aliphatic rings. The van der Waals surface area contributed by atoms with Crippen molar-refractivity contribution < 1.29 is 71.4 Å². The van der Waals surface area contributed by atoms with Crippen LogP contribution in [0.25, 0.3) is 0 Å². The van der Waals surface area contributed by atoms with Crippen LogP contribution in [0.15, 0.2) is 36.4 Å². The van der Waals surface area contributed by atoms with Gasteiger partial charge in [0, 0.05) is 17.5 Å². The zero-order valence-corrected chi connectivity index (χ0v) is 17.9. The minimum absolute atomic E-state index is 0.0670. The maximum absolute atomic E-state index is 14.3. The molecule has 2 aromatic carbocycles. The molecule has 0 aliphatic carbocycles. The van der Waals surface area contributed by atoms with Crippen LogP contribution >= 0.6 is 0 Å². The predicted molar refractivity (Wildman–Crippen MR) is 97.8 cm³/mol. The molecule has 3 rings (SSSR count). The molecule has 1 fully saturated rings. The third-order valence-corrected chi connectivity index (χ3v) is 5.30. The van der Waals surface area contributed by atoms with E-state index in [0.29, 0.717) is 18.2 Å². The zero-order chi connectivity index (χ0) is 29.1. The Morgan fingerprint density at radius 3 is 1.71 bits per heavy atom. The average molecular weight is 571 g/mol. The number of halogens is 13. The molecule has 2 aromatic rings. The first-order valence-electron chi connectivity index (χ1n) is 9.83. The van der Waals surface area contributed by atoms with Crippen molar-refractivity contribution in [2.24, 2.45) is 0 Å². The Bertz CT molecular complexity index is 1210. The Morgan fingerprint density at radius 2 is 1.29 bits per heavy atom. The lowest BCUT2D eigenvalue weighted by Crippen LogP contribution is -2.65. The molecule has 4 nitrogen and oxygen atoms in total. The van der Waals surface area contributed by atoms with Crippen molar-refractivity contribution in [3.8, 4) is 0 Å². The summed E-state index contributed by atoms with van der Waals surface area (Å²) in [6.45, 7) is 0. The molecule has 1 N–H and O–H groups in total. The first-order valence-corrected chi connectivity index (χ1v) is 9.83. The van der Waals surface area contributed by atoms with E-state index in [9.17, 15) is 66.7 Å². The van der Waals surface area contributed by atoms with Crippen LogP contribution in [0.4, 0.5) is 57.1 Å². The zero-order valence-electron chi connectivity index (χ0n) is 17.9. The fraction of sp³-hybridized carbons (Fsp3) is 0.333. The van der Waals surface area contributed by atoms with Gasteiger partial charge < -0.3 is 4.74 Å². The Balaban J connectivity index is 1.99. The standard InChI is InChI=1S/C21H10F13NO3/c22-13-2-1-8(15(36)10-4-11(17(23,24)25)7-12(5-10)18(26,27)28)3-9(13)6-14-16(37)38-19(35-14,20(29,30)31)21(32,33)34/h1-5,7,14,35H,6H2. The first-order chi connectivity index (χ1) is 17.1. The van der Waals surface area contributed by atoms with E-state index < -0.39 is 88.3 Å². The number of ketones is 1. The molecule has 1 aliphatic heterocycles. The van der Waals surface area contributed by atoms with Crippen molar-refractivity contribution in [3.63, 3.8) is 0 Å². The van der Waals surface area contributed by atoms with Crippen LogP contribution < -0.4 is 5.32 Å². The fourth-order valence-electron chi connectivity index (χ4n) is 3.48. The number of nitrogens with one attached hydrogen (secondary N) is 1. The second kappa shape index (κ2) is 9.13. The van der Waals surface area contributed by atoms with E-state index >= 15 is 0 Å². The van der Waals surface area contributed by atoms with Gasteiger partial charge in [-0.2, -0.15) is 52.7 Å². The molecule has 38 heavy (non-hydrogen) atoms. The Hall–Kier alpha value is -3.37. The largest absolute Gasteiger partial charge is 0.452 e. The van der Waals surface area contributed by atoms with Gasteiger partial charge in [0.1, 0.15) is 11.9 Å². The van der Waals surface area contributed by atoms with Crippen molar-refractivity contribution in [2.75, 3.05) is 0 Å². The Kier molecular flexibility index (Phi) is 7.01. The molecule has 208 valence electrons. The van der Waals surface area contributed by atoms with Gasteiger partial charge in [0.05, 0.1) is 11.1 Å². The number of benzene rings is 2. The molecule has 1 unspecified atom stereocenters. The van der Waals surface area contributed by atoms with Crippen LogP contribution in [0.3, 0.4) is 0 Å². The molecule has 1 atom stereocenters. The van der Waals surface area contributed by atoms with Crippen LogP contribution in [0, 0.1) is 5.82 Å². The van der Waals surface area contributed by atoms with E-state index in [0.717, 1.165) is 5.32 Å². The van der Waals surface area contributed by atoms with E-state index in [1.54, 1.807) is 0 Å². The lowest BCUT2D eigenvalue weighted by Gasteiger charge is -2.31. The third-order valence-electron chi connectivity index (χ3n) is 5.30. The first kappa shape index (κ1) is 29.2. The molecule has 0 radical (unpaired) electrons. The number of hydrogen-bond donors (Lipinski definition) is 1. The minimum Gasteiger partial charge on any atom is -0.424 e. The van der Waals surface area contributed by atoms with Crippen molar-refractivity contribution in [1.29, 1.82) is 0 Å². The van der Waals surface area contributed by atoms with Crippen LogP contribution in [-0.4, -0.2) is 35.9 Å². The predicted octanol–water partition coefficient (Wildman–Crippen LogP) is 5.97. The van der Waals surface area contributed by atoms with E-state index in [4.69, 9.17) is 0 Å². The molecule has 1 heterocycles. The molecule has 0 aromatic heterocycles. The highest BCUT2D eigenvalue weighted by Gasteiger charge is 2.78. The minimum atomic E-state index is -6.20. The van der Waals surface area contributed by atoms with Crippen LogP contribution in [0.5, 0.6) is 0 Å². The maximum atomic E-state index is 14.3. The molecular weight excluding hydrogens is 561 g/mol. The van der Waals surface area contributed by atoms with E-state index in [2.05, 4.69) is 4.74 Å². The van der Waals surface area contributed by atoms with E-state index in [-0.39, 0.29) is 18.2 Å². The van der Waals surface area contributed by atoms with Crippen LogP contribution in [0.1, 0.15) is 32.6 Å². The number of esters is 1. The summed E-state index contributed by atoms with van der Waals surface area (Å²) in [5.74, 6) is -4.99. The summed E-state index contributed by atoms with van der Waals surface area (Å²) in [6.07, 6.45) is -24.3. The van der Waals surface area contributed by atoms with E-state index in [1.165, 1.54) is 0 Å². The quantitative estimate of drug-likeness (QED) is 0.279. The van der Waals surface area contributed by atoms with Gasteiger partial charge in [-0.15, -0.1) is 0 Å². The van der Waals surface area contributed by atoms with Gasteiger partial charge in [-0.1, -0.05) is 0 Å². The fourth-order valence-corrected chi connectivity index (χ4v) is 3.48. The summed E-state index contributed by atoms with van der Waals surface area (Å²) >= 11 is 0. The smallest absolute Gasteiger partial charge is 0.424 e. The topological polar surface area (TPSA) is 55.4 Å². The molecule has 17 heteroatoms. The lowest BCUT2D eigenvalue weighted by atomic mass is 9.95. The molecule has 1 saturated heterocycles. The molecular formula is C21H10F13NO3. The number of hydrogen-bond acceptors (Lipinski definition) is 4. The number of rotatable bonds is 4. The van der Waals surface area contributed by atoms with Gasteiger partial charge in [-0.25, -0.2) is 4.39 Å². The SMILES string of the molecule is O=C(c1cc(C(F)(F)F)cc(C(F)(F)F)c1)c1ccc(F)c(CC2NC(C(F)(F)F)(C(F)(F)F)OC2=O)c1. The average Bonchev–Trinajstić information content (AvgIpc) is 3.11. The number of alkyl halides is 12. The second-order valence-corrected chi connectivity index (χ2v) is 7.93. The lowest BCUT2D eigenvalue weighted by molar-refractivity contribution is -0.369. The number of carbonyl (C=O) groups is 2. The van der Waals surface area contributed by atoms with Gasteiger partial charge in [0.15, 0.2) is 5.78 Å². The summed E-state index contributed by atoms with van der Waals surface area (Å²) in [5, 5.41) is 0.915. The number of ether oxygens (including phenoxy) is 1. The number of cyclic esters (lactones) is 1. The summed E-state index contributed by atoms with van der Waals surface area (Å²) < 4.78 is 175. The number of carbonyl (C=O) groups excluding carboxylic acids is 2. The van der Waals surface area contributed by atoms with Crippen molar-refractivity contribution in [1.82, 2.24) is 5.32 Å². The van der Waals surface area contributed by atoms with Crippen LogP contribution in [-0.2, 0) is 28.3 Å². The van der Waals surface area contributed by atoms with Gasteiger partial charge in [0.25, 0.3) is 0 Å². The maximum Gasteiger partial charge on any atom is 0.452 e. The molecule has 0 amide bonds.